The molecule has 396 valence electrons. The van der Waals surface area contributed by atoms with E-state index in [4.69, 9.17) is 25.3 Å². The van der Waals surface area contributed by atoms with E-state index in [1.165, 1.54) is 116 Å². The van der Waals surface area contributed by atoms with E-state index in [0.717, 1.165) is 39.3 Å². The van der Waals surface area contributed by atoms with Crippen molar-refractivity contribution >= 4 is 250 Å². The van der Waals surface area contributed by atoms with Crippen LogP contribution in [-0.2, 0) is 172 Å². The first-order chi connectivity index (χ1) is 31.6. The number of hydrogen-bond donors (Lipinski definition) is 6. The summed E-state index contributed by atoms with van der Waals surface area (Å²) in [6, 6.07) is 0. The molecule has 0 amide bonds. The van der Waals surface area contributed by atoms with E-state index >= 15 is 0 Å². The van der Waals surface area contributed by atoms with Gasteiger partial charge >= 0.3 is 21.1 Å². The zero-order valence-electron chi connectivity index (χ0n) is 39.2. The average Bonchev–Trinajstić information content (AvgIpc) is 3.32. The molecule has 0 aliphatic heterocycles. The van der Waals surface area contributed by atoms with Gasteiger partial charge in [-0.05, 0) is 38.5 Å². The summed E-state index contributed by atoms with van der Waals surface area (Å²) in [6.07, 6.45) is 22.0. The Kier molecular flexibility index (Phi) is 184. The second kappa shape index (κ2) is 122. The Morgan fingerprint density at radius 3 is 0.403 bits per heavy atom. The standard InChI is InChI=1S/6C6H13NS2.Mo.6OS/c6*1-2-3-4-5-7-6(8)9;;6*1-2/h6*2-5H2,1H3,(H2,7,8,9);;;;;;;/q;;;;;;+6;;;;;;/p-6. The minimum atomic E-state index is 0. The molecule has 0 fully saturated rings. The Hall–Kier alpha value is 1.47. The van der Waals surface area contributed by atoms with Crippen LogP contribution < -0.4 is 31.9 Å². The van der Waals surface area contributed by atoms with Crippen LogP contribution >= 0.6 is 73.3 Å². The molecule has 0 rings (SSSR count). The van der Waals surface area contributed by atoms with Crippen molar-refractivity contribution in [3.63, 3.8) is 0 Å². The molecule has 0 spiro atoms. The molecule has 0 unspecified atom stereocenters. The van der Waals surface area contributed by atoms with Crippen LogP contribution in [-0.4, -0.2) is 90.4 Å². The summed E-state index contributed by atoms with van der Waals surface area (Å²) < 4.78 is 50.0. The number of thiocarbonyl (C=S) groups is 6. The summed E-state index contributed by atoms with van der Waals surface area (Å²) >= 11 is 72.8. The van der Waals surface area contributed by atoms with Crippen molar-refractivity contribution in [1.82, 2.24) is 31.9 Å². The van der Waals surface area contributed by atoms with Crippen molar-refractivity contribution in [3.8, 4) is 0 Å². The van der Waals surface area contributed by atoms with Gasteiger partial charge in [-0.25, -0.2) is 0 Å². The van der Waals surface area contributed by atoms with Gasteiger partial charge in [-0.2, -0.15) is 25.3 Å². The van der Waals surface area contributed by atoms with Crippen LogP contribution in [0.1, 0.15) is 157 Å². The number of rotatable bonds is 24. The largest absolute Gasteiger partial charge is 6.00 e. The first-order valence-corrected chi connectivity index (χ1v) is 27.2. The molecule has 0 heterocycles. The number of nitrogens with one attached hydrogen (secondary N) is 6. The fourth-order valence-electron chi connectivity index (χ4n) is 3.39. The molecule has 0 aromatic carbocycles. The van der Waals surface area contributed by atoms with Crippen LogP contribution in [0.5, 0.6) is 0 Å². The zero-order chi connectivity index (χ0) is 54.7. The van der Waals surface area contributed by atoms with Gasteiger partial charge in [0.1, 0.15) is 0 Å². The molecule has 0 radical (unpaired) electrons. The van der Waals surface area contributed by atoms with Crippen LogP contribution in [0.25, 0.3) is 0 Å². The second-order valence-electron chi connectivity index (χ2n) is 11.5. The van der Waals surface area contributed by atoms with Crippen molar-refractivity contribution in [2.24, 2.45) is 0 Å². The molecule has 12 nitrogen and oxygen atoms in total. The molecule has 0 atom stereocenters. The van der Waals surface area contributed by atoms with Gasteiger partial charge in [0.2, 0.25) is 0 Å². The van der Waals surface area contributed by atoms with E-state index in [1.54, 1.807) is 0 Å². The summed E-state index contributed by atoms with van der Waals surface area (Å²) in [5.74, 6) is 0. The van der Waals surface area contributed by atoms with Crippen molar-refractivity contribution in [3.05, 3.63) is 0 Å². The van der Waals surface area contributed by atoms with Crippen molar-refractivity contribution in [2.75, 3.05) is 39.3 Å². The molecule has 0 aliphatic rings. The Bertz CT molecular complexity index is 793. The molecule has 31 heteroatoms. The maximum atomic E-state index is 7.83. The van der Waals surface area contributed by atoms with Gasteiger partial charge in [-0.1, -0.05) is 145 Å². The van der Waals surface area contributed by atoms with E-state index in [-0.39, 0.29) is 21.1 Å². The predicted molar refractivity (Wildman–Crippen MR) is 334 cm³/mol. The summed E-state index contributed by atoms with van der Waals surface area (Å²) in [4.78, 5) is 0. The molecule has 0 aromatic rings. The fourth-order valence-corrected chi connectivity index (χ4v) is 4.62. The van der Waals surface area contributed by atoms with Gasteiger partial charge in [0.15, 0.2) is 75.2 Å². The summed E-state index contributed by atoms with van der Waals surface area (Å²) in [7, 11) is 0. The quantitative estimate of drug-likeness (QED) is 0.0242. The van der Waals surface area contributed by atoms with E-state index in [0.29, 0.717) is 25.9 Å². The van der Waals surface area contributed by atoms with Gasteiger partial charge in [0.05, 0.1) is 0 Å². The zero-order valence-corrected chi connectivity index (χ0v) is 55.9. The predicted octanol–water partition coefficient (Wildman–Crippen LogP) is 7.57. The molecule has 0 aliphatic carbocycles. The monoisotopic (exact) mass is 1360 g/mol. The summed E-state index contributed by atoms with van der Waals surface area (Å²) in [6.45, 7) is 18.7. The third-order valence-electron chi connectivity index (χ3n) is 6.30. The van der Waals surface area contributed by atoms with Gasteiger partial charge in [0, 0.05) is 39.3 Å². The van der Waals surface area contributed by atoms with Crippen molar-refractivity contribution in [2.45, 2.75) is 157 Å². The van der Waals surface area contributed by atoms with Crippen LogP contribution in [0.3, 0.4) is 0 Å². The number of unbranched alkanes of at least 4 members (excludes halogenated alkanes) is 12. The normalized spacial score (nSPS) is 7.61. The molecule has 0 saturated heterocycles. The summed E-state index contributed by atoms with van der Waals surface area (Å²) in [5.41, 5.74) is 0. The Labute approximate surface area is 518 Å². The third kappa shape index (κ3) is 206. The van der Waals surface area contributed by atoms with Gasteiger partial charge in [-0.15, -0.1) is 0 Å². The smallest absolute Gasteiger partial charge is 0.412 e. The molecule has 67 heavy (non-hydrogen) atoms. The molecule has 6 N–H and O–H groups in total. The van der Waals surface area contributed by atoms with Crippen LogP contribution in [0.4, 0.5) is 0 Å². The maximum absolute atomic E-state index is 7.83. The molecule has 0 bridgehead atoms. The second-order valence-corrected chi connectivity index (χ2v) is 18.0. The minimum absolute atomic E-state index is 0. The van der Waals surface area contributed by atoms with E-state index in [9.17, 15) is 0 Å². The van der Waals surface area contributed by atoms with Crippen LogP contribution in [0, 0.1) is 0 Å². The van der Waals surface area contributed by atoms with Crippen molar-refractivity contribution < 1.29 is 46.3 Å². The summed E-state index contributed by atoms with van der Waals surface area (Å²) in [5, 5.41) is 17.6. The Morgan fingerprint density at radius 2 is 0.343 bits per heavy atom. The van der Waals surface area contributed by atoms with E-state index in [1.807, 2.05) is 0 Å². The van der Waals surface area contributed by atoms with Crippen LogP contribution in [0.15, 0.2) is 0 Å². The Balaban J connectivity index is -0.0000000452. The molecule has 0 aromatic heterocycles. The first kappa shape index (κ1) is 101. The number of hydrogen-bond acceptors (Lipinski definition) is 24. The molecular weight excluding hydrogens is 1290 g/mol. The minimum Gasteiger partial charge on any atom is -0.412 e. The SMILES string of the molecule is CCCCCNC(=S)[S-].CCCCCNC(=S)[S-].CCCCCNC(=S)[S-].CCCCCNC(=S)[S-].CCCCCNC(=S)[S-].CCCCCNC(=S)[S-].O=S.O=S.O=S.O=S.O=S.O=S.[Mo+6]. The fraction of sp³-hybridized carbons (Fsp3) is 0.833. The van der Waals surface area contributed by atoms with Crippen LogP contribution in [0.2, 0.25) is 0 Å². The van der Waals surface area contributed by atoms with Gasteiger partial charge in [0.25, 0.3) is 0 Å². The maximum Gasteiger partial charge on any atom is 6.00 e. The van der Waals surface area contributed by atoms with E-state index < -0.39 is 0 Å². The topological polar surface area (TPSA) is 175 Å². The Morgan fingerprint density at radius 1 is 0.254 bits per heavy atom. The third-order valence-corrected chi connectivity index (χ3v) is 8.03. The van der Waals surface area contributed by atoms with Gasteiger partial charge < -0.3 is 181 Å². The molecular formula is C36H72MoN6O6S18. The molecule has 0 saturated carbocycles. The average molecular weight is 1360 g/mol. The van der Waals surface area contributed by atoms with E-state index in [2.05, 4.69) is 298 Å². The van der Waals surface area contributed by atoms with Gasteiger partial charge in [-0.3, -0.25) is 0 Å². The van der Waals surface area contributed by atoms with Crippen molar-refractivity contribution in [1.29, 1.82) is 0 Å². The first-order valence-electron chi connectivity index (χ1n) is 20.3.